The maximum atomic E-state index is 12.8. The van der Waals surface area contributed by atoms with Crippen molar-refractivity contribution < 1.29 is 28.6 Å². The lowest BCUT2D eigenvalue weighted by Crippen LogP contribution is -2.30. The smallest absolute Gasteiger partial charge is 0.306 e. The molecule has 0 aromatic rings. The lowest BCUT2D eigenvalue weighted by Gasteiger charge is -2.18. The summed E-state index contributed by atoms with van der Waals surface area (Å²) in [4.78, 5) is 38.1. The summed E-state index contributed by atoms with van der Waals surface area (Å²) in [6.07, 6.45) is 80.4. The number of hydrogen-bond donors (Lipinski definition) is 0. The van der Waals surface area contributed by atoms with Crippen LogP contribution in [-0.2, 0) is 28.6 Å². The molecule has 6 heteroatoms. The average molecular weight is 1020 g/mol. The van der Waals surface area contributed by atoms with Crippen molar-refractivity contribution in [1.29, 1.82) is 0 Å². The summed E-state index contributed by atoms with van der Waals surface area (Å²) in [7, 11) is 0. The van der Waals surface area contributed by atoms with Gasteiger partial charge < -0.3 is 14.2 Å². The highest BCUT2D eigenvalue weighted by Gasteiger charge is 2.19. The Hall–Kier alpha value is -3.41. The molecule has 0 aliphatic carbocycles. The molecule has 1 atom stereocenters. The third kappa shape index (κ3) is 59.3. The maximum Gasteiger partial charge on any atom is 0.306 e. The standard InChI is InChI=1S/C67H116O6/c1-4-7-10-13-16-19-22-24-25-26-27-28-29-30-31-32-33-34-35-36-37-38-39-40-41-42-43-44-46-48-51-54-57-60-66(69)72-63-64(62-71-65(68)59-56-53-50-47-21-18-15-12-9-6-3)73-67(70)61-58-55-52-49-45-23-20-17-14-11-8-5-2/h7,10,12,15-16,19,24-25,27-28,30-31,33-34,64H,4-6,8-9,11,13-14,17-18,20-23,26,29,32,35-63H2,1-3H3/b10-7-,15-12-,19-16-,25-24-,28-27-,31-30-,34-33-. The summed E-state index contributed by atoms with van der Waals surface area (Å²) in [6.45, 7) is 6.47. The monoisotopic (exact) mass is 1020 g/mol. The molecule has 0 aliphatic heterocycles. The number of allylic oxidation sites excluding steroid dienone is 14. The molecule has 0 aliphatic rings. The minimum absolute atomic E-state index is 0.0753. The second-order valence-electron chi connectivity index (χ2n) is 20.6. The van der Waals surface area contributed by atoms with E-state index in [1.165, 1.54) is 154 Å². The van der Waals surface area contributed by atoms with Crippen LogP contribution in [0.5, 0.6) is 0 Å². The third-order valence-electron chi connectivity index (χ3n) is 13.4. The van der Waals surface area contributed by atoms with Gasteiger partial charge in [0.05, 0.1) is 0 Å². The van der Waals surface area contributed by atoms with Crippen molar-refractivity contribution in [2.75, 3.05) is 13.2 Å². The molecule has 0 bridgehead atoms. The van der Waals surface area contributed by atoms with Crippen LogP contribution in [0.3, 0.4) is 0 Å². The fraction of sp³-hybridized carbons (Fsp3) is 0.746. The predicted octanol–water partition coefficient (Wildman–Crippen LogP) is 21.1. The summed E-state index contributed by atoms with van der Waals surface area (Å²) in [5, 5.41) is 0. The van der Waals surface area contributed by atoms with E-state index in [9.17, 15) is 14.4 Å². The molecular weight excluding hydrogens is 901 g/mol. The largest absolute Gasteiger partial charge is 0.462 e. The molecule has 0 rings (SSSR count). The summed E-state index contributed by atoms with van der Waals surface area (Å²) in [6, 6.07) is 0. The highest BCUT2D eigenvalue weighted by atomic mass is 16.6. The number of carbonyl (C=O) groups is 3. The molecule has 0 spiro atoms. The van der Waals surface area contributed by atoms with E-state index in [-0.39, 0.29) is 31.1 Å². The molecule has 73 heavy (non-hydrogen) atoms. The Balaban J connectivity index is 4.07. The molecule has 0 aromatic carbocycles. The minimum atomic E-state index is -0.775. The van der Waals surface area contributed by atoms with Gasteiger partial charge in [-0.25, -0.2) is 0 Å². The van der Waals surface area contributed by atoms with Crippen molar-refractivity contribution in [2.24, 2.45) is 0 Å². The average Bonchev–Trinajstić information content (AvgIpc) is 3.39. The van der Waals surface area contributed by atoms with Gasteiger partial charge in [-0.1, -0.05) is 279 Å². The van der Waals surface area contributed by atoms with Crippen molar-refractivity contribution in [2.45, 2.75) is 309 Å². The zero-order valence-electron chi connectivity index (χ0n) is 48.1. The Morgan fingerprint density at radius 2 is 0.562 bits per heavy atom. The highest BCUT2D eigenvalue weighted by molar-refractivity contribution is 5.71. The van der Waals surface area contributed by atoms with Gasteiger partial charge in [0.15, 0.2) is 6.10 Å². The van der Waals surface area contributed by atoms with Crippen molar-refractivity contribution in [3.8, 4) is 0 Å². The van der Waals surface area contributed by atoms with Crippen molar-refractivity contribution in [3.63, 3.8) is 0 Å². The van der Waals surface area contributed by atoms with Crippen LogP contribution in [0.4, 0.5) is 0 Å². The highest BCUT2D eigenvalue weighted by Crippen LogP contribution is 2.16. The quantitative estimate of drug-likeness (QED) is 0.0261. The van der Waals surface area contributed by atoms with Gasteiger partial charge in [-0.05, 0) is 89.9 Å². The third-order valence-corrected chi connectivity index (χ3v) is 13.4. The summed E-state index contributed by atoms with van der Waals surface area (Å²) >= 11 is 0. The lowest BCUT2D eigenvalue weighted by atomic mass is 10.0. The lowest BCUT2D eigenvalue weighted by molar-refractivity contribution is -0.167. The Morgan fingerprint density at radius 3 is 0.904 bits per heavy atom. The molecule has 6 nitrogen and oxygen atoms in total. The Bertz CT molecular complexity index is 1400. The summed E-state index contributed by atoms with van der Waals surface area (Å²) < 4.78 is 16.8. The van der Waals surface area contributed by atoms with Gasteiger partial charge >= 0.3 is 17.9 Å². The number of carbonyl (C=O) groups excluding carboxylic acids is 3. The molecule has 0 amide bonds. The van der Waals surface area contributed by atoms with Crippen LogP contribution in [-0.4, -0.2) is 37.2 Å². The summed E-state index contributed by atoms with van der Waals surface area (Å²) in [5.74, 6) is -0.877. The van der Waals surface area contributed by atoms with E-state index in [0.717, 1.165) is 109 Å². The van der Waals surface area contributed by atoms with E-state index in [1.807, 2.05) is 0 Å². The van der Waals surface area contributed by atoms with E-state index >= 15 is 0 Å². The topological polar surface area (TPSA) is 78.9 Å². The second kappa shape index (κ2) is 61.1. The second-order valence-corrected chi connectivity index (χ2v) is 20.6. The van der Waals surface area contributed by atoms with Crippen LogP contribution in [0, 0.1) is 0 Å². The Labute approximate surface area is 452 Å². The van der Waals surface area contributed by atoms with E-state index in [1.54, 1.807) is 0 Å². The zero-order chi connectivity index (χ0) is 52.9. The molecule has 0 heterocycles. The first-order valence-corrected chi connectivity index (χ1v) is 31.1. The summed E-state index contributed by atoms with van der Waals surface area (Å²) in [5.41, 5.74) is 0. The van der Waals surface area contributed by atoms with Crippen LogP contribution < -0.4 is 0 Å². The molecule has 0 aromatic heterocycles. The van der Waals surface area contributed by atoms with Crippen LogP contribution in [0.1, 0.15) is 303 Å². The minimum Gasteiger partial charge on any atom is -0.462 e. The first-order valence-electron chi connectivity index (χ1n) is 31.1. The van der Waals surface area contributed by atoms with E-state index in [4.69, 9.17) is 14.2 Å². The Morgan fingerprint density at radius 1 is 0.288 bits per heavy atom. The maximum absolute atomic E-state index is 12.8. The van der Waals surface area contributed by atoms with Gasteiger partial charge in [-0.15, -0.1) is 0 Å². The molecule has 1 unspecified atom stereocenters. The molecule has 0 saturated carbocycles. The number of unbranched alkanes of at least 4 members (excludes halogenated alkanes) is 31. The first-order chi connectivity index (χ1) is 36.0. The van der Waals surface area contributed by atoms with Crippen molar-refractivity contribution in [1.82, 2.24) is 0 Å². The number of hydrogen-bond acceptors (Lipinski definition) is 6. The fourth-order valence-electron chi connectivity index (χ4n) is 8.74. The number of esters is 3. The van der Waals surface area contributed by atoms with E-state index < -0.39 is 6.10 Å². The van der Waals surface area contributed by atoms with Crippen LogP contribution >= 0.6 is 0 Å². The normalized spacial score (nSPS) is 12.6. The molecule has 0 saturated heterocycles. The first kappa shape index (κ1) is 69.6. The SMILES string of the molecule is CC/C=C\C/C=C\C/C=C\C/C=C\C/C=C\C/C=C\CCCCCCCCCCCCCCCCC(=O)OCC(COC(=O)CCCCCCC/C=C\CCC)OC(=O)CCCCCCCCCCCCCC. The molecular formula is C67H116O6. The van der Waals surface area contributed by atoms with Gasteiger partial charge in [0.25, 0.3) is 0 Å². The van der Waals surface area contributed by atoms with Gasteiger partial charge in [-0.3, -0.25) is 14.4 Å². The Kier molecular flexibility index (Phi) is 58.3. The van der Waals surface area contributed by atoms with Crippen LogP contribution in [0.15, 0.2) is 85.1 Å². The number of ether oxygens (including phenoxy) is 3. The molecule has 0 fully saturated rings. The molecule has 0 radical (unpaired) electrons. The molecule has 0 N–H and O–H groups in total. The van der Waals surface area contributed by atoms with Crippen LogP contribution in [0.2, 0.25) is 0 Å². The number of rotatable bonds is 56. The van der Waals surface area contributed by atoms with Gasteiger partial charge in [0, 0.05) is 19.3 Å². The van der Waals surface area contributed by atoms with Crippen LogP contribution in [0.25, 0.3) is 0 Å². The fourth-order valence-corrected chi connectivity index (χ4v) is 8.74. The zero-order valence-corrected chi connectivity index (χ0v) is 48.1. The van der Waals surface area contributed by atoms with E-state index in [2.05, 4.69) is 106 Å². The predicted molar refractivity (Wildman–Crippen MR) is 316 cm³/mol. The van der Waals surface area contributed by atoms with Gasteiger partial charge in [0.2, 0.25) is 0 Å². The van der Waals surface area contributed by atoms with E-state index in [0.29, 0.717) is 19.3 Å². The van der Waals surface area contributed by atoms with Gasteiger partial charge in [0.1, 0.15) is 13.2 Å². The molecule has 420 valence electrons. The van der Waals surface area contributed by atoms with Gasteiger partial charge in [-0.2, -0.15) is 0 Å². The van der Waals surface area contributed by atoms with Crippen molar-refractivity contribution >= 4 is 17.9 Å². The van der Waals surface area contributed by atoms with Crippen molar-refractivity contribution in [3.05, 3.63) is 85.1 Å².